The molecule has 5 heteroatoms. The molecule has 0 saturated carbocycles. The van der Waals surface area contributed by atoms with E-state index >= 15 is 0 Å². The van der Waals surface area contributed by atoms with E-state index in [1.54, 1.807) is 11.0 Å². The highest BCUT2D eigenvalue weighted by Gasteiger charge is 2.15. The molecule has 116 valence electrons. The van der Waals surface area contributed by atoms with Crippen molar-refractivity contribution in [2.75, 3.05) is 17.2 Å². The van der Waals surface area contributed by atoms with Gasteiger partial charge in [-0.3, -0.25) is 9.20 Å². The van der Waals surface area contributed by atoms with E-state index < -0.39 is 0 Å². The fraction of sp³-hybridized carbons (Fsp3) is 0.111. The van der Waals surface area contributed by atoms with Gasteiger partial charge < -0.3 is 4.90 Å². The number of aromatic nitrogens is 2. The molecule has 0 atom stereocenters. The maximum atomic E-state index is 12.6. The molecule has 3 aromatic rings. The van der Waals surface area contributed by atoms with Crippen LogP contribution >= 0.6 is 11.8 Å². The van der Waals surface area contributed by atoms with Crippen molar-refractivity contribution < 1.29 is 4.79 Å². The quantitative estimate of drug-likeness (QED) is 0.513. The third-order valence-corrected chi connectivity index (χ3v) is 4.36. The molecular weight excluding hydrogens is 306 g/mol. The average Bonchev–Trinajstić information content (AvgIpc) is 3.01. The SMILES string of the molecule is C=CCN(C(=O)CSc1ncc2ccccn12)c1ccccc1. The normalized spacial score (nSPS) is 10.6. The Kier molecular flexibility index (Phi) is 4.78. The molecule has 0 fully saturated rings. The van der Waals surface area contributed by atoms with Gasteiger partial charge in [0, 0.05) is 18.4 Å². The predicted octanol–water partition coefficient (Wildman–Crippen LogP) is 3.65. The summed E-state index contributed by atoms with van der Waals surface area (Å²) in [6, 6.07) is 15.6. The number of fused-ring (bicyclic) bond motifs is 1. The lowest BCUT2D eigenvalue weighted by molar-refractivity contribution is -0.116. The summed E-state index contributed by atoms with van der Waals surface area (Å²) in [6.07, 6.45) is 5.50. The van der Waals surface area contributed by atoms with Crippen molar-refractivity contribution in [1.82, 2.24) is 9.38 Å². The van der Waals surface area contributed by atoms with Crippen molar-refractivity contribution in [1.29, 1.82) is 0 Å². The second kappa shape index (κ2) is 7.15. The van der Waals surface area contributed by atoms with Crippen LogP contribution in [0, 0.1) is 0 Å². The van der Waals surface area contributed by atoms with Crippen LogP contribution in [0.15, 0.2) is 78.7 Å². The van der Waals surface area contributed by atoms with Gasteiger partial charge in [-0.15, -0.1) is 6.58 Å². The minimum absolute atomic E-state index is 0.0359. The summed E-state index contributed by atoms with van der Waals surface area (Å²) in [6.45, 7) is 4.23. The lowest BCUT2D eigenvalue weighted by Gasteiger charge is -2.20. The first-order valence-electron chi connectivity index (χ1n) is 7.31. The van der Waals surface area contributed by atoms with Crippen molar-refractivity contribution in [3.8, 4) is 0 Å². The summed E-state index contributed by atoms with van der Waals surface area (Å²) in [5, 5.41) is 0.820. The van der Waals surface area contributed by atoms with Gasteiger partial charge in [-0.1, -0.05) is 42.1 Å². The molecular formula is C18H17N3OS. The van der Waals surface area contributed by atoms with Crippen LogP contribution in [0.2, 0.25) is 0 Å². The lowest BCUT2D eigenvalue weighted by Crippen LogP contribution is -2.32. The third-order valence-electron chi connectivity index (χ3n) is 3.41. The molecule has 1 aromatic carbocycles. The molecule has 0 aliphatic carbocycles. The molecule has 0 aliphatic rings. The summed E-state index contributed by atoms with van der Waals surface area (Å²) in [7, 11) is 0. The number of hydrogen-bond donors (Lipinski definition) is 0. The van der Waals surface area contributed by atoms with Crippen LogP contribution in [-0.4, -0.2) is 27.6 Å². The van der Waals surface area contributed by atoms with E-state index in [0.717, 1.165) is 16.4 Å². The number of carbonyl (C=O) groups is 1. The van der Waals surface area contributed by atoms with Gasteiger partial charge in [-0.25, -0.2) is 4.98 Å². The van der Waals surface area contributed by atoms with Gasteiger partial charge in [0.1, 0.15) is 0 Å². The number of carbonyl (C=O) groups excluding carboxylic acids is 1. The Morgan fingerprint density at radius 1 is 1.22 bits per heavy atom. The summed E-state index contributed by atoms with van der Waals surface area (Å²) < 4.78 is 1.98. The van der Waals surface area contributed by atoms with Gasteiger partial charge in [0.05, 0.1) is 17.5 Å². The van der Waals surface area contributed by atoms with Crippen molar-refractivity contribution in [2.45, 2.75) is 5.16 Å². The van der Waals surface area contributed by atoms with Crippen molar-refractivity contribution in [3.63, 3.8) is 0 Å². The Labute approximate surface area is 139 Å². The molecule has 0 saturated heterocycles. The zero-order valence-electron chi connectivity index (χ0n) is 12.6. The summed E-state index contributed by atoms with van der Waals surface area (Å²) in [5.41, 5.74) is 1.90. The van der Waals surface area contributed by atoms with Crippen molar-refractivity contribution in [2.24, 2.45) is 0 Å². The number of amides is 1. The molecule has 2 aromatic heterocycles. The Hall–Kier alpha value is -2.53. The molecule has 0 N–H and O–H groups in total. The van der Waals surface area contributed by atoms with Gasteiger partial charge in [-0.05, 0) is 24.3 Å². The number of hydrogen-bond acceptors (Lipinski definition) is 3. The topological polar surface area (TPSA) is 37.6 Å². The zero-order valence-corrected chi connectivity index (χ0v) is 13.4. The van der Waals surface area contributed by atoms with Crippen molar-refractivity contribution in [3.05, 3.63) is 73.6 Å². The molecule has 23 heavy (non-hydrogen) atoms. The highest BCUT2D eigenvalue weighted by Crippen LogP contribution is 2.21. The van der Waals surface area contributed by atoms with Crippen LogP contribution in [0.1, 0.15) is 0 Å². The molecule has 0 unspecified atom stereocenters. The second-order valence-corrected chi connectivity index (χ2v) is 5.90. The van der Waals surface area contributed by atoms with Crippen molar-refractivity contribution >= 4 is 28.9 Å². The van der Waals surface area contributed by atoms with Gasteiger partial charge >= 0.3 is 0 Å². The number of thioether (sulfide) groups is 1. The number of imidazole rings is 1. The molecule has 4 nitrogen and oxygen atoms in total. The molecule has 1 amide bonds. The number of anilines is 1. The number of para-hydroxylation sites is 1. The Bertz CT molecular complexity index is 813. The Morgan fingerprint density at radius 3 is 2.78 bits per heavy atom. The Morgan fingerprint density at radius 2 is 2.00 bits per heavy atom. The first-order valence-corrected chi connectivity index (χ1v) is 8.29. The van der Waals surface area contributed by atoms with Crippen LogP contribution in [0.25, 0.3) is 5.52 Å². The van der Waals surface area contributed by atoms with E-state index in [4.69, 9.17) is 0 Å². The minimum Gasteiger partial charge on any atom is -0.308 e. The fourth-order valence-corrected chi connectivity index (χ4v) is 3.16. The number of nitrogens with zero attached hydrogens (tertiary/aromatic N) is 3. The van der Waals surface area contributed by atoms with E-state index in [2.05, 4.69) is 11.6 Å². The highest BCUT2D eigenvalue weighted by molar-refractivity contribution is 7.99. The molecule has 0 radical (unpaired) electrons. The smallest absolute Gasteiger partial charge is 0.237 e. The standard InChI is InChI=1S/C18H17N3OS/c1-2-11-20(15-8-4-3-5-9-15)17(22)14-23-18-19-13-16-10-6-7-12-21(16)18/h2-10,12-13H,1,11,14H2. The van der Waals surface area contributed by atoms with Crippen LogP contribution < -0.4 is 4.90 Å². The highest BCUT2D eigenvalue weighted by atomic mass is 32.2. The predicted molar refractivity (Wildman–Crippen MR) is 94.9 cm³/mol. The van der Waals surface area contributed by atoms with E-state index in [-0.39, 0.29) is 5.91 Å². The molecule has 3 rings (SSSR count). The van der Waals surface area contributed by atoms with Crippen LogP contribution in [-0.2, 0) is 4.79 Å². The maximum absolute atomic E-state index is 12.6. The fourth-order valence-electron chi connectivity index (χ4n) is 2.32. The van der Waals surface area contributed by atoms with Gasteiger partial charge in [-0.2, -0.15) is 0 Å². The maximum Gasteiger partial charge on any atom is 0.237 e. The Balaban J connectivity index is 1.73. The van der Waals surface area contributed by atoms with Gasteiger partial charge in [0.15, 0.2) is 5.16 Å². The van der Waals surface area contributed by atoms with Gasteiger partial charge in [0.2, 0.25) is 5.91 Å². The average molecular weight is 323 g/mol. The van der Waals surface area contributed by atoms with Crippen LogP contribution in [0.3, 0.4) is 0 Å². The second-order valence-electron chi connectivity index (χ2n) is 4.95. The lowest BCUT2D eigenvalue weighted by atomic mass is 10.3. The summed E-state index contributed by atoms with van der Waals surface area (Å²) in [5.74, 6) is 0.366. The van der Waals surface area contributed by atoms with Crippen LogP contribution in [0.4, 0.5) is 5.69 Å². The monoisotopic (exact) mass is 323 g/mol. The largest absolute Gasteiger partial charge is 0.308 e. The molecule has 0 bridgehead atoms. The third kappa shape index (κ3) is 3.46. The minimum atomic E-state index is 0.0359. The van der Waals surface area contributed by atoms with E-state index in [1.165, 1.54) is 11.8 Å². The number of benzene rings is 1. The van der Waals surface area contributed by atoms with E-state index in [9.17, 15) is 4.79 Å². The molecule has 0 spiro atoms. The van der Waals surface area contributed by atoms with E-state index in [0.29, 0.717) is 12.3 Å². The first-order chi connectivity index (χ1) is 11.3. The van der Waals surface area contributed by atoms with E-state index in [1.807, 2.05) is 65.3 Å². The molecule has 2 heterocycles. The number of rotatable bonds is 6. The summed E-state index contributed by atoms with van der Waals surface area (Å²) in [4.78, 5) is 18.7. The summed E-state index contributed by atoms with van der Waals surface area (Å²) >= 11 is 1.44. The number of pyridine rings is 1. The first kappa shape index (κ1) is 15.4. The zero-order chi connectivity index (χ0) is 16.1. The molecule has 0 aliphatic heterocycles. The van der Waals surface area contributed by atoms with Crippen LogP contribution in [0.5, 0.6) is 0 Å². The van der Waals surface area contributed by atoms with Gasteiger partial charge in [0.25, 0.3) is 0 Å².